The Morgan fingerprint density at radius 3 is 2.30 bits per heavy atom. The Morgan fingerprint density at radius 1 is 1.06 bits per heavy atom. The van der Waals surface area contributed by atoms with Crippen LogP contribution >= 0.6 is 28.1 Å². The summed E-state index contributed by atoms with van der Waals surface area (Å²) in [6, 6.07) is 11.6. The van der Waals surface area contributed by atoms with Crippen molar-refractivity contribution in [3.05, 3.63) is 52.5 Å². The standard InChI is InChI=1S/C23H28BrN3O4S2/c1-16(2)31-21-12-7-17(24)15-20(21)22(28)26-23(32)25-18-8-10-19(11-9-18)33(29,30)27-13-5-3-4-6-14-27/h7-12,15-16H,3-6,13-14H2,1-2H3,(H2,25,26,28,32). The van der Waals surface area contributed by atoms with Crippen molar-refractivity contribution in [1.29, 1.82) is 0 Å². The topological polar surface area (TPSA) is 87.7 Å². The molecule has 2 aromatic carbocycles. The third-order valence-corrected chi connectivity index (χ3v) is 7.70. The second kappa shape index (κ2) is 11.4. The van der Waals surface area contributed by atoms with Crippen LogP contribution in [-0.4, -0.2) is 42.9 Å². The largest absolute Gasteiger partial charge is 0.490 e. The summed E-state index contributed by atoms with van der Waals surface area (Å²) in [5.74, 6) is 0.0429. The monoisotopic (exact) mass is 553 g/mol. The Bertz CT molecular complexity index is 1100. The van der Waals surface area contributed by atoms with Gasteiger partial charge in [-0.3, -0.25) is 10.1 Å². The van der Waals surface area contributed by atoms with E-state index in [4.69, 9.17) is 17.0 Å². The van der Waals surface area contributed by atoms with E-state index in [2.05, 4.69) is 26.6 Å². The van der Waals surface area contributed by atoms with Crippen LogP contribution in [0.4, 0.5) is 5.69 Å². The van der Waals surface area contributed by atoms with E-state index in [1.54, 1.807) is 46.8 Å². The first-order chi connectivity index (χ1) is 15.7. The Balaban J connectivity index is 1.65. The molecule has 0 saturated carbocycles. The van der Waals surface area contributed by atoms with Gasteiger partial charge in [-0.25, -0.2) is 8.42 Å². The number of nitrogens with zero attached hydrogens (tertiary/aromatic N) is 1. The first-order valence-corrected chi connectivity index (χ1v) is 13.5. The van der Waals surface area contributed by atoms with E-state index in [0.717, 1.165) is 30.2 Å². The summed E-state index contributed by atoms with van der Waals surface area (Å²) < 4.78 is 33.9. The first kappa shape index (κ1) is 25.6. The molecule has 2 N–H and O–H groups in total. The molecule has 1 aliphatic rings. The smallest absolute Gasteiger partial charge is 0.261 e. The summed E-state index contributed by atoms with van der Waals surface area (Å²) in [6.45, 7) is 4.87. The van der Waals surface area contributed by atoms with Crippen LogP contribution in [0.2, 0.25) is 0 Å². The molecule has 10 heteroatoms. The SMILES string of the molecule is CC(C)Oc1ccc(Br)cc1C(=O)NC(=S)Nc1ccc(S(=O)(=O)N2CCCCCC2)cc1. The fraction of sp³-hybridized carbons (Fsp3) is 0.391. The molecule has 1 heterocycles. The molecule has 0 spiro atoms. The number of benzene rings is 2. The maximum atomic E-state index is 12.9. The number of nitrogens with one attached hydrogen (secondary N) is 2. The van der Waals surface area contributed by atoms with E-state index in [1.807, 2.05) is 13.8 Å². The van der Waals surface area contributed by atoms with E-state index < -0.39 is 15.9 Å². The van der Waals surface area contributed by atoms with Gasteiger partial charge in [-0.2, -0.15) is 4.31 Å². The number of halogens is 1. The quantitative estimate of drug-likeness (QED) is 0.493. The zero-order valence-corrected chi connectivity index (χ0v) is 21.9. The molecule has 0 unspecified atom stereocenters. The highest BCUT2D eigenvalue weighted by Gasteiger charge is 2.25. The molecule has 0 radical (unpaired) electrons. The second-order valence-corrected chi connectivity index (χ2v) is 11.3. The first-order valence-electron chi connectivity index (χ1n) is 10.9. The third-order valence-electron chi connectivity index (χ3n) is 5.09. The van der Waals surface area contributed by atoms with Gasteiger partial charge < -0.3 is 10.1 Å². The fourth-order valence-corrected chi connectivity index (χ4v) is 5.60. The number of carbonyl (C=O) groups excluding carboxylic acids is 1. The summed E-state index contributed by atoms with van der Waals surface area (Å²) in [5, 5.41) is 5.66. The van der Waals surface area contributed by atoms with Crippen molar-refractivity contribution in [3.8, 4) is 5.75 Å². The van der Waals surface area contributed by atoms with Gasteiger partial charge in [-0.05, 0) is 81.4 Å². The van der Waals surface area contributed by atoms with Gasteiger partial charge in [-0.1, -0.05) is 28.8 Å². The molecular formula is C23H28BrN3O4S2. The van der Waals surface area contributed by atoms with Gasteiger partial charge >= 0.3 is 0 Å². The molecule has 0 atom stereocenters. The predicted molar refractivity (Wildman–Crippen MR) is 137 cm³/mol. The van der Waals surface area contributed by atoms with Gasteiger partial charge in [0, 0.05) is 23.2 Å². The van der Waals surface area contributed by atoms with Crippen molar-refractivity contribution in [1.82, 2.24) is 9.62 Å². The molecule has 33 heavy (non-hydrogen) atoms. The molecule has 0 aliphatic carbocycles. The minimum absolute atomic E-state index is 0.0908. The molecular weight excluding hydrogens is 526 g/mol. The number of ether oxygens (including phenoxy) is 1. The van der Waals surface area contributed by atoms with E-state index >= 15 is 0 Å². The molecule has 1 saturated heterocycles. The van der Waals surface area contributed by atoms with E-state index in [9.17, 15) is 13.2 Å². The molecule has 0 bridgehead atoms. The number of hydrogen-bond donors (Lipinski definition) is 2. The molecule has 178 valence electrons. The lowest BCUT2D eigenvalue weighted by Crippen LogP contribution is -2.34. The average Bonchev–Trinajstić information content (AvgIpc) is 3.05. The second-order valence-electron chi connectivity index (χ2n) is 8.06. The molecule has 1 amide bonds. The third kappa shape index (κ3) is 6.99. The van der Waals surface area contributed by atoms with E-state index in [1.165, 1.54) is 0 Å². The molecule has 3 rings (SSSR count). The summed E-state index contributed by atoms with van der Waals surface area (Å²) in [4.78, 5) is 13.0. The zero-order valence-electron chi connectivity index (χ0n) is 18.6. The number of sulfonamides is 1. The summed E-state index contributed by atoms with van der Waals surface area (Å²) >= 11 is 8.65. The van der Waals surface area contributed by atoms with Crippen LogP contribution in [0.15, 0.2) is 51.8 Å². The minimum Gasteiger partial charge on any atom is -0.490 e. The van der Waals surface area contributed by atoms with Crippen LogP contribution in [0, 0.1) is 0 Å². The van der Waals surface area contributed by atoms with Crippen LogP contribution in [0.1, 0.15) is 49.9 Å². The van der Waals surface area contributed by atoms with Crippen LogP contribution in [0.3, 0.4) is 0 Å². The van der Waals surface area contributed by atoms with Crippen molar-refractivity contribution in [2.24, 2.45) is 0 Å². The van der Waals surface area contributed by atoms with Crippen LogP contribution in [0.5, 0.6) is 5.75 Å². The lowest BCUT2D eigenvalue weighted by molar-refractivity contribution is 0.0972. The molecule has 1 aliphatic heterocycles. The van der Waals surface area contributed by atoms with Crippen LogP contribution < -0.4 is 15.4 Å². The van der Waals surface area contributed by atoms with Gasteiger partial charge in [0.25, 0.3) is 5.91 Å². The lowest BCUT2D eigenvalue weighted by Gasteiger charge is -2.20. The Kier molecular flexibility index (Phi) is 8.86. The highest BCUT2D eigenvalue weighted by atomic mass is 79.9. The van der Waals surface area contributed by atoms with Crippen molar-refractivity contribution in [3.63, 3.8) is 0 Å². The summed E-state index contributed by atoms with van der Waals surface area (Å²) in [5.41, 5.74) is 0.920. The number of thiocarbonyl (C=S) groups is 1. The summed E-state index contributed by atoms with van der Waals surface area (Å²) in [6.07, 6.45) is 3.79. The van der Waals surface area contributed by atoms with E-state index in [-0.39, 0.29) is 16.1 Å². The number of anilines is 1. The van der Waals surface area contributed by atoms with Gasteiger partial charge in [0.2, 0.25) is 10.0 Å². The minimum atomic E-state index is -3.52. The number of amides is 1. The normalized spacial score (nSPS) is 15.0. The molecule has 2 aromatic rings. The van der Waals surface area contributed by atoms with Gasteiger partial charge in [0.15, 0.2) is 5.11 Å². The van der Waals surface area contributed by atoms with Gasteiger partial charge in [-0.15, -0.1) is 0 Å². The molecule has 1 fully saturated rings. The van der Waals surface area contributed by atoms with Crippen molar-refractivity contribution in [2.75, 3.05) is 18.4 Å². The average molecular weight is 555 g/mol. The highest BCUT2D eigenvalue weighted by molar-refractivity contribution is 9.10. The fourth-order valence-electron chi connectivity index (χ4n) is 3.51. The van der Waals surface area contributed by atoms with E-state index in [0.29, 0.717) is 30.1 Å². The van der Waals surface area contributed by atoms with Gasteiger partial charge in [0.05, 0.1) is 16.6 Å². The zero-order chi connectivity index (χ0) is 24.0. The predicted octanol–water partition coefficient (Wildman–Crippen LogP) is 4.93. The maximum absolute atomic E-state index is 12.9. The van der Waals surface area contributed by atoms with Crippen molar-refractivity contribution in [2.45, 2.75) is 50.5 Å². The highest BCUT2D eigenvalue weighted by Crippen LogP contribution is 2.25. The maximum Gasteiger partial charge on any atom is 0.261 e. The Hall–Kier alpha value is -2.01. The number of hydrogen-bond acceptors (Lipinski definition) is 5. The molecule has 7 nitrogen and oxygen atoms in total. The van der Waals surface area contributed by atoms with Gasteiger partial charge in [0.1, 0.15) is 5.75 Å². The Labute approximate surface area is 209 Å². The number of rotatable bonds is 6. The summed E-state index contributed by atoms with van der Waals surface area (Å²) in [7, 11) is -3.52. The molecule has 0 aromatic heterocycles. The van der Waals surface area contributed by atoms with Crippen LogP contribution in [-0.2, 0) is 10.0 Å². The Morgan fingerprint density at radius 2 is 1.70 bits per heavy atom. The van der Waals surface area contributed by atoms with Crippen LogP contribution in [0.25, 0.3) is 0 Å². The lowest BCUT2D eigenvalue weighted by atomic mass is 10.2. The van der Waals surface area contributed by atoms with Crippen molar-refractivity contribution >= 4 is 54.9 Å². The number of carbonyl (C=O) groups is 1. The van der Waals surface area contributed by atoms with Crippen molar-refractivity contribution < 1.29 is 17.9 Å².